The fourth-order valence-electron chi connectivity index (χ4n) is 5.42. The van der Waals surface area contributed by atoms with Gasteiger partial charge in [0.2, 0.25) is 0 Å². The SMILES string of the molecule is Cc1c(C)c2c(c(C)c1O)CC[C@@](C)(CCCC(C)CCCC(C)CCCC(C)C)O2.O=C(O)/C=C\C(=O)O. The summed E-state index contributed by atoms with van der Waals surface area (Å²) in [6, 6.07) is 0. The first-order valence-electron chi connectivity index (χ1n) is 14.8. The van der Waals surface area contributed by atoms with E-state index in [2.05, 4.69) is 41.5 Å². The van der Waals surface area contributed by atoms with E-state index in [0.29, 0.717) is 17.9 Å². The lowest BCUT2D eigenvalue weighted by molar-refractivity contribution is -0.134. The van der Waals surface area contributed by atoms with E-state index in [1.54, 1.807) is 0 Å². The van der Waals surface area contributed by atoms with Gasteiger partial charge in [0.05, 0.1) is 0 Å². The van der Waals surface area contributed by atoms with Crippen LogP contribution in [0.2, 0.25) is 0 Å². The summed E-state index contributed by atoms with van der Waals surface area (Å²) in [4.78, 5) is 19.1. The van der Waals surface area contributed by atoms with Crippen LogP contribution in [0.1, 0.15) is 121 Å². The normalized spacial score (nSPS) is 18.2. The minimum atomic E-state index is -1.26. The lowest BCUT2D eigenvalue weighted by Gasteiger charge is -2.38. The number of aliphatic carboxylic acids is 2. The van der Waals surface area contributed by atoms with Crippen molar-refractivity contribution in [3.63, 3.8) is 0 Å². The molecule has 2 unspecified atom stereocenters. The molecule has 0 spiro atoms. The molecule has 1 aromatic carbocycles. The molecule has 0 saturated heterocycles. The molecule has 1 aliphatic heterocycles. The van der Waals surface area contributed by atoms with Crippen LogP contribution < -0.4 is 4.74 Å². The van der Waals surface area contributed by atoms with Crippen molar-refractivity contribution in [2.75, 3.05) is 0 Å². The van der Waals surface area contributed by atoms with Gasteiger partial charge in [-0.15, -0.1) is 0 Å². The number of rotatable bonds is 14. The minimum Gasteiger partial charge on any atom is -0.507 e. The molecule has 0 fully saturated rings. The van der Waals surface area contributed by atoms with Crippen LogP contribution in [0.25, 0.3) is 0 Å². The highest BCUT2D eigenvalue weighted by molar-refractivity contribution is 5.89. The maximum Gasteiger partial charge on any atom is 0.328 e. The third-order valence-corrected chi connectivity index (χ3v) is 8.24. The molecule has 3 N–H and O–H groups in total. The number of phenols is 1. The number of aromatic hydroxyl groups is 1. The first-order valence-corrected chi connectivity index (χ1v) is 14.8. The number of phenolic OH excluding ortho intramolecular Hbond substituents is 1. The number of hydrogen-bond acceptors (Lipinski definition) is 4. The zero-order valence-electron chi connectivity index (χ0n) is 25.7. The first kappa shape index (κ1) is 34.5. The summed E-state index contributed by atoms with van der Waals surface area (Å²) in [5.74, 6) is 1.52. The molecule has 0 amide bonds. The van der Waals surface area contributed by atoms with E-state index < -0.39 is 11.9 Å². The van der Waals surface area contributed by atoms with Gasteiger partial charge in [0.25, 0.3) is 0 Å². The zero-order valence-corrected chi connectivity index (χ0v) is 25.7. The molecule has 2 rings (SSSR count). The van der Waals surface area contributed by atoms with Crippen LogP contribution in [-0.4, -0.2) is 32.9 Å². The highest BCUT2D eigenvalue weighted by Crippen LogP contribution is 2.44. The van der Waals surface area contributed by atoms with Crippen LogP contribution in [0.4, 0.5) is 0 Å². The molecule has 0 radical (unpaired) electrons. The van der Waals surface area contributed by atoms with Gasteiger partial charge in [-0.2, -0.15) is 0 Å². The minimum absolute atomic E-state index is 0.0712. The molecule has 0 aliphatic carbocycles. The summed E-state index contributed by atoms with van der Waals surface area (Å²) in [7, 11) is 0. The summed E-state index contributed by atoms with van der Waals surface area (Å²) >= 11 is 0. The van der Waals surface area contributed by atoms with Crippen LogP contribution in [0, 0.1) is 38.5 Å². The third kappa shape index (κ3) is 12.5. The fraction of sp³-hybridized carbons (Fsp3) is 0.697. The number of carboxylic acids is 2. The van der Waals surface area contributed by atoms with E-state index >= 15 is 0 Å². The van der Waals surface area contributed by atoms with E-state index in [0.717, 1.165) is 59.5 Å². The predicted octanol–water partition coefficient (Wildman–Crippen LogP) is 8.55. The predicted molar refractivity (Wildman–Crippen MR) is 159 cm³/mol. The Hall–Kier alpha value is -2.50. The third-order valence-electron chi connectivity index (χ3n) is 8.24. The number of hydrogen-bond donors (Lipinski definition) is 3. The Kier molecular flexibility index (Phi) is 14.7. The number of carboxylic acid groups (broad SMARTS) is 2. The van der Waals surface area contributed by atoms with E-state index in [1.165, 1.54) is 56.9 Å². The molecule has 1 aliphatic rings. The van der Waals surface area contributed by atoms with E-state index in [1.807, 2.05) is 13.8 Å². The Morgan fingerprint density at radius 2 is 1.31 bits per heavy atom. The number of carbonyl (C=O) groups is 2. The zero-order chi connectivity index (χ0) is 29.8. The van der Waals surface area contributed by atoms with Gasteiger partial charge in [-0.3, -0.25) is 0 Å². The second kappa shape index (κ2) is 16.6. The van der Waals surface area contributed by atoms with Crippen molar-refractivity contribution < 1.29 is 29.6 Å². The van der Waals surface area contributed by atoms with Crippen molar-refractivity contribution in [2.45, 2.75) is 132 Å². The van der Waals surface area contributed by atoms with Gasteiger partial charge in [-0.25, -0.2) is 9.59 Å². The standard InChI is InChI=1S/C29H50O2.C4H4O4/c1-20(2)12-9-13-21(3)14-10-15-22(4)16-11-18-29(8)19-17-26-25(7)27(30)23(5)24(6)28(26)31-29;5-3(6)1-2-4(7)8/h20-22,30H,9-19H2,1-8H3;1-2H,(H,5,6)(H,7,8)/b;2-1-/t21?,22?,29-;/m1./s1. The lowest BCUT2D eigenvalue weighted by atomic mass is 9.84. The molecule has 39 heavy (non-hydrogen) atoms. The topological polar surface area (TPSA) is 104 Å². The Morgan fingerprint density at radius 3 is 1.79 bits per heavy atom. The van der Waals surface area contributed by atoms with Gasteiger partial charge in [0, 0.05) is 17.7 Å². The molecular formula is C33H54O6. The lowest BCUT2D eigenvalue weighted by Crippen LogP contribution is -2.37. The van der Waals surface area contributed by atoms with E-state index in [9.17, 15) is 14.7 Å². The van der Waals surface area contributed by atoms with Crippen molar-refractivity contribution in [1.82, 2.24) is 0 Å². The summed E-state index contributed by atoms with van der Waals surface area (Å²) in [5.41, 5.74) is 4.23. The van der Waals surface area contributed by atoms with E-state index in [4.69, 9.17) is 14.9 Å². The van der Waals surface area contributed by atoms with Gasteiger partial charge < -0.3 is 20.1 Å². The highest BCUT2D eigenvalue weighted by atomic mass is 16.5. The second-order valence-corrected chi connectivity index (χ2v) is 12.5. The smallest absolute Gasteiger partial charge is 0.328 e. The number of benzene rings is 1. The van der Waals surface area contributed by atoms with Crippen LogP contribution in [0.5, 0.6) is 11.5 Å². The number of fused-ring (bicyclic) bond motifs is 1. The maximum atomic E-state index is 10.4. The van der Waals surface area contributed by atoms with E-state index in [-0.39, 0.29) is 5.60 Å². The van der Waals surface area contributed by atoms with Crippen molar-refractivity contribution in [3.8, 4) is 11.5 Å². The highest BCUT2D eigenvalue weighted by Gasteiger charge is 2.34. The van der Waals surface area contributed by atoms with Crippen LogP contribution in [0.15, 0.2) is 12.2 Å². The fourth-order valence-corrected chi connectivity index (χ4v) is 5.42. The average molecular weight is 547 g/mol. The van der Waals surface area contributed by atoms with Gasteiger partial charge in [0.15, 0.2) is 0 Å². The molecule has 222 valence electrons. The largest absolute Gasteiger partial charge is 0.507 e. The summed E-state index contributed by atoms with van der Waals surface area (Å²) in [6.45, 7) is 17.9. The molecule has 6 heteroatoms. The van der Waals surface area contributed by atoms with Crippen molar-refractivity contribution in [1.29, 1.82) is 0 Å². The second-order valence-electron chi connectivity index (χ2n) is 12.5. The number of ether oxygens (including phenoxy) is 1. The quantitative estimate of drug-likeness (QED) is 0.202. The molecule has 0 saturated carbocycles. The van der Waals surface area contributed by atoms with Crippen LogP contribution >= 0.6 is 0 Å². The molecule has 0 aromatic heterocycles. The van der Waals surface area contributed by atoms with Gasteiger partial charge in [0.1, 0.15) is 17.1 Å². The Morgan fingerprint density at radius 1 is 0.821 bits per heavy atom. The van der Waals surface area contributed by atoms with Gasteiger partial charge in [-0.1, -0.05) is 72.6 Å². The van der Waals surface area contributed by atoms with Gasteiger partial charge >= 0.3 is 11.9 Å². The summed E-state index contributed by atoms with van der Waals surface area (Å²) in [5, 5.41) is 26.0. The Bertz CT molecular complexity index is 948. The van der Waals surface area contributed by atoms with Crippen molar-refractivity contribution in [2.24, 2.45) is 17.8 Å². The molecule has 1 heterocycles. The Balaban J connectivity index is 0.000000824. The molecule has 6 nitrogen and oxygen atoms in total. The summed E-state index contributed by atoms with van der Waals surface area (Å²) < 4.78 is 6.60. The van der Waals surface area contributed by atoms with Crippen molar-refractivity contribution in [3.05, 3.63) is 34.4 Å². The van der Waals surface area contributed by atoms with Crippen molar-refractivity contribution >= 4 is 11.9 Å². The first-order chi connectivity index (χ1) is 18.2. The molecule has 1 aromatic rings. The Labute approximate surface area is 236 Å². The van der Waals surface area contributed by atoms with Gasteiger partial charge in [-0.05, 0) is 87.8 Å². The molecule has 0 bridgehead atoms. The monoisotopic (exact) mass is 546 g/mol. The molecule has 3 atom stereocenters. The average Bonchev–Trinajstić information content (AvgIpc) is 2.85. The van der Waals surface area contributed by atoms with Crippen LogP contribution in [-0.2, 0) is 16.0 Å². The summed E-state index contributed by atoms with van der Waals surface area (Å²) in [6.07, 6.45) is 15.2. The van der Waals surface area contributed by atoms with Crippen LogP contribution in [0.3, 0.4) is 0 Å². The molecular weight excluding hydrogens is 492 g/mol. The maximum absolute atomic E-state index is 10.4.